The van der Waals surface area contributed by atoms with Crippen LogP contribution in [0.2, 0.25) is 0 Å². The van der Waals surface area contributed by atoms with E-state index in [1.54, 1.807) is 0 Å². The lowest BCUT2D eigenvalue weighted by molar-refractivity contribution is 0.669. The first kappa shape index (κ1) is 27.9. The number of hydrogen-bond donors (Lipinski definition) is 0. The van der Waals surface area contributed by atoms with Crippen molar-refractivity contribution in [1.29, 1.82) is 0 Å². The summed E-state index contributed by atoms with van der Waals surface area (Å²) < 4.78 is 8.81. The van der Waals surface area contributed by atoms with Crippen LogP contribution < -0.4 is 4.90 Å². The van der Waals surface area contributed by atoms with E-state index in [4.69, 9.17) is 4.42 Å². The van der Waals surface area contributed by atoms with Gasteiger partial charge in [-0.25, -0.2) is 0 Å². The smallest absolute Gasteiger partial charge is 0.135 e. The molecule has 0 atom stereocenters. The Balaban J connectivity index is 1.14. The molecule has 0 saturated heterocycles. The standard InChI is InChI=1S/C46H29NOS/c1-2-16-37-30(10-1)11-9-19-38(37)33-14-7-12-31(26-33)32-13-8-15-34(27-32)47(35-23-25-44-42(28-35)39-17-3-5-20-43(39)48-44)36-22-24-41-40-18-4-6-21-45(40)49-46(41)29-36/h1-29H. The molecule has 0 spiro atoms. The summed E-state index contributed by atoms with van der Waals surface area (Å²) in [5.74, 6) is 0. The third-order valence-corrected chi connectivity index (χ3v) is 10.8. The fourth-order valence-corrected chi connectivity index (χ4v) is 8.46. The average molecular weight is 644 g/mol. The molecule has 0 aliphatic carbocycles. The van der Waals surface area contributed by atoms with Crippen molar-refractivity contribution in [2.24, 2.45) is 0 Å². The zero-order valence-electron chi connectivity index (χ0n) is 26.5. The molecule has 0 bridgehead atoms. The van der Waals surface area contributed by atoms with E-state index in [-0.39, 0.29) is 0 Å². The van der Waals surface area contributed by atoms with Gasteiger partial charge >= 0.3 is 0 Å². The molecule has 0 N–H and O–H groups in total. The van der Waals surface area contributed by atoms with Crippen LogP contribution in [0.15, 0.2) is 180 Å². The first-order chi connectivity index (χ1) is 24.3. The molecule has 230 valence electrons. The van der Waals surface area contributed by atoms with Crippen LogP contribution in [0.1, 0.15) is 0 Å². The predicted octanol–water partition coefficient (Wildman–Crippen LogP) is 13.9. The van der Waals surface area contributed by atoms with Gasteiger partial charge in [0.05, 0.1) is 0 Å². The fraction of sp³-hybridized carbons (Fsp3) is 0. The number of rotatable bonds is 5. The molecule has 49 heavy (non-hydrogen) atoms. The molecular formula is C46H29NOS. The second kappa shape index (κ2) is 11.2. The maximum absolute atomic E-state index is 6.22. The molecule has 8 aromatic carbocycles. The molecule has 0 radical (unpaired) electrons. The summed E-state index contributed by atoms with van der Waals surface area (Å²) in [6.45, 7) is 0. The second-order valence-corrected chi connectivity index (χ2v) is 13.6. The van der Waals surface area contributed by atoms with E-state index in [9.17, 15) is 0 Å². The lowest BCUT2D eigenvalue weighted by atomic mass is 9.95. The normalized spacial score (nSPS) is 11.7. The minimum atomic E-state index is 0.892. The van der Waals surface area contributed by atoms with E-state index in [1.807, 2.05) is 23.5 Å². The highest BCUT2D eigenvalue weighted by Gasteiger charge is 2.18. The Labute approximate surface area is 287 Å². The van der Waals surface area contributed by atoms with E-state index in [2.05, 4.69) is 169 Å². The molecule has 0 unspecified atom stereocenters. The van der Waals surface area contributed by atoms with Gasteiger partial charge in [0.25, 0.3) is 0 Å². The SMILES string of the molecule is c1cc(-c2cccc(N(c3ccc4c(c3)sc3ccccc34)c3ccc4oc5ccccc5c4c3)c2)cc(-c2cccc3ccccc23)c1. The van der Waals surface area contributed by atoms with Gasteiger partial charge in [0.2, 0.25) is 0 Å². The van der Waals surface area contributed by atoms with E-state index in [1.165, 1.54) is 53.2 Å². The summed E-state index contributed by atoms with van der Waals surface area (Å²) >= 11 is 1.85. The van der Waals surface area contributed by atoms with Gasteiger partial charge in [0.1, 0.15) is 11.2 Å². The molecule has 3 heteroatoms. The average Bonchev–Trinajstić information content (AvgIpc) is 3.73. The number of thiophene rings is 1. The van der Waals surface area contributed by atoms with Crippen LogP contribution in [0, 0.1) is 0 Å². The summed E-state index contributed by atoms with van der Waals surface area (Å²) in [6, 6.07) is 63.4. The van der Waals surface area contributed by atoms with Crippen molar-refractivity contribution in [3.8, 4) is 22.3 Å². The molecular weight excluding hydrogens is 615 g/mol. The Hall–Kier alpha value is -6.16. The van der Waals surface area contributed by atoms with Crippen molar-refractivity contribution < 1.29 is 4.42 Å². The number of nitrogens with zero attached hydrogens (tertiary/aromatic N) is 1. The van der Waals surface area contributed by atoms with Crippen molar-refractivity contribution in [2.45, 2.75) is 0 Å². The zero-order valence-corrected chi connectivity index (χ0v) is 27.3. The Kier molecular flexibility index (Phi) is 6.39. The number of furan rings is 1. The Morgan fingerprint density at radius 3 is 1.94 bits per heavy atom. The van der Waals surface area contributed by atoms with Crippen molar-refractivity contribution in [1.82, 2.24) is 0 Å². The minimum absolute atomic E-state index is 0.892. The summed E-state index contributed by atoms with van der Waals surface area (Å²) in [4.78, 5) is 2.38. The van der Waals surface area contributed by atoms with Gasteiger partial charge in [-0.15, -0.1) is 11.3 Å². The largest absolute Gasteiger partial charge is 0.456 e. The summed E-state index contributed by atoms with van der Waals surface area (Å²) in [7, 11) is 0. The van der Waals surface area contributed by atoms with Crippen molar-refractivity contribution in [3.63, 3.8) is 0 Å². The Morgan fingerprint density at radius 1 is 0.367 bits per heavy atom. The topological polar surface area (TPSA) is 16.4 Å². The number of benzene rings is 8. The predicted molar refractivity (Wildman–Crippen MR) is 210 cm³/mol. The van der Waals surface area contributed by atoms with Crippen LogP contribution >= 0.6 is 11.3 Å². The van der Waals surface area contributed by atoms with Crippen LogP contribution in [0.3, 0.4) is 0 Å². The summed E-state index contributed by atoms with van der Waals surface area (Å²) in [5, 5.41) is 7.35. The fourth-order valence-electron chi connectivity index (χ4n) is 7.32. The van der Waals surface area contributed by atoms with Crippen LogP contribution in [-0.2, 0) is 0 Å². The van der Waals surface area contributed by atoms with Gasteiger partial charge in [0.15, 0.2) is 0 Å². The maximum atomic E-state index is 6.22. The van der Waals surface area contributed by atoms with E-state index in [0.29, 0.717) is 0 Å². The molecule has 0 aliphatic rings. The van der Waals surface area contributed by atoms with Crippen molar-refractivity contribution >= 4 is 81.3 Å². The molecule has 2 aromatic heterocycles. The quantitative estimate of drug-likeness (QED) is 0.186. The van der Waals surface area contributed by atoms with Crippen LogP contribution in [0.4, 0.5) is 17.1 Å². The van der Waals surface area contributed by atoms with E-state index >= 15 is 0 Å². The zero-order chi connectivity index (χ0) is 32.3. The highest BCUT2D eigenvalue weighted by Crippen LogP contribution is 2.43. The Bertz CT molecular complexity index is 2850. The van der Waals surface area contributed by atoms with E-state index < -0.39 is 0 Å². The monoisotopic (exact) mass is 643 g/mol. The molecule has 10 rings (SSSR count). The lowest BCUT2D eigenvalue weighted by Crippen LogP contribution is -2.09. The van der Waals surface area contributed by atoms with Crippen molar-refractivity contribution in [3.05, 3.63) is 176 Å². The summed E-state index contributed by atoms with van der Waals surface area (Å²) in [6.07, 6.45) is 0. The number of para-hydroxylation sites is 1. The molecule has 0 amide bonds. The number of fused-ring (bicyclic) bond motifs is 7. The van der Waals surface area contributed by atoms with Gasteiger partial charge < -0.3 is 9.32 Å². The minimum Gasteiger partial charge on any atom is -0.456 e. The summed E-state index contributed by atoms with van der Waals surface area (Å²) in [5.41, 5.74) is 9.91. The molecule has 10 aromatic rings. The third-order valence-electron chi connectivity index (χ3n) is 9.64. The van der Waals surface area contributed by atoms with Gasteiger partial charge in [-0.2, -0.15) is 0 Å². The Morgan fingerprint density at radius 2 is 1.00 bits per heavy atom. The number of anilines is 3. The molecule has 2 heterocycles. The molecule has 0 saturated carbocycles. The molecule has 0 aliphatic heterocycles. The third kappa shape index (κ3) is 4.70. The number of hydrogen-bond acceptors (Lipinski definition) is 3. The highest BCUT2D eigenvalue weighted by atomic mass is 32.1. The highest BCUT2D eigenvalue weighted by molar-refractivity contribution is 7.25. The maximum Gasteiger partial charge on any atom is 0.135 e. The first-order valence-electron chi connectivity index (χ1n) is 16.6. The van der Waals surface area contributed by atoms with Gasteiger partial charge in [0, 0.05) is 48.0 Å². The van der Waals surface area contributed by atoms with Gasteiger partial charge in [-0.05, 0) is 93.7 Å². The molecule has 2 nitrogen and oxygen atoms in total. The van der Waals surface area contributed by atoms with Crippen LogP contribution in [-0.4, -0.2) is 0 Å². The van der Waals surface area contributed by atoms with Gasteiger partial charge in [-0.1, -0.05) is 115 Å². The van der Waals surface area contributed by atoms with Crippen LogP contribution in [0.5, 0.6) is 0 Å². The molecule has 0 fully saturated rings. The lowest BCUT2D eigenvalue weighted by Gasteiger charge is -2.26. The van der Waals surface area contributed by atoms with Crippen molar-refractivity contribution in [2.75, 3.05) is 4.90 Å². The second-order valence-electron chi connectivity index (χ2n) is 12.6. The van der Waals surface area contributed by atoms with Gasteiger partial charge in [-0.3, -0.25) is 0 Å². The first-order valence-corrected chi connectivity index (χ1v) is 17.4. The van der Waals surface area contributed by atoms with Crippen LogP contribution in [0.25, 0.3) is 75.1 Å². The van der Waals surface area contributed by atoms with E-state index in [0.717, 1.165) is 39.0 Å².